The Labute approximate surface area is 175 Å². The smallest absolute Gasteiger partial charge is 0.341 e. The van der Waals surface area contributed by atoms with Crippen molar-refractivity contribution >= 4 is 34.2 Å². The molecule has 7 nitrogen and oxygen atoms in total. The SMILES string of the molecule is CC(OC(=O)c1cn(C)c2ccccc12)C(=O)Nc1ccc(N2CCOCC2)cc1. The molecule has 1 aromatic heterocycles. The lowest BCUT2D eigenvalue weighted by atomic mass is 10.2. The van der Waals surface area contributed by atoms with Crippen LogP contribution in [0.2, 0.25) is 0 Å². The first-order valence-electron chi connectivity index (χ1n) is 10.0. The zero-order valence-electron chi connectivity index (χ0n) is 17.1. The second-order valence-corrected chi connectivity index (χ2v) is 7.35. The molecule has 3 aromatic rings. The number of benzene rings is 2. The zero-order valence-corrected chi connectivity index (χ0v) is 17.1. The maximum Gasteiger partial charge on any atom is 0.341 e. The van der Waals surface area contributed by atoms with Crippen molar-refractivity contribution in [2.24, 2.45) is 7.05 Å². The predicted octanol–water partition coefficient (Wildman–Crippen LogP) is 3.20. The van der Waals surface area contributed by atoms with Crippen molar-refractivity contribution in [1.82, 2.24) is 4.57 Å². The third-order valence-electron chi connectivity index (χ3n) is 5.28. The van der Waals surface area contributed by atoms with Crippen LogP contribution in [0.4, 0.5) is 11.4 Å². The van der Waals surface area contributed by atoms with Crippen LogP contribution >= 0.6 is 0 Å². The Morgan fingerprint density at radius 3 is 2.50 bits per heavy atom. The van der Waals surface area contributed by atoms with Gasteiger partial charge in [0.2, 0.25) is 0 Å². The maximum absolute atomic E-state index is 12.6. The van der Waals surface area contributed by atoms with Crippen molar-refractivity contribution in [2.45, 2.75) is 13.0 Å². The molecule has 1 atom stereocenters. The summed E-state index contributed by atoms with van der Waals surface area (Å²) in [6.07, 6.45) is 0.803. The Hall–Kier alpha value is -3.32. The van der Waals surface area contributed by atoms with Gasteiger partial charge in [-0.3, -0.25) is 4.79 Å². The summed E-state index contributed by atoms with van der Waals surface area (Å²) in [5.41, 5.74) is 3.13. The number of nitrogens with one attached hydrogen (secondary N) is 1. The van der Waals surface area contributed by atoms with E-state index < -0.39 is 12.1 Å². The highest BCUT2D eigenvalue weighted by atomic mass is 16.5. The van der Waals surface area contributed by atoms with Gasteiger partial charge in [-0.1, -0.05) is 18.2 Å². The van der Waals surface area contributed by atoms with Gasteiger partial charge in [-0.05, 0) is 37.3 Å². The number of hydrogen-bond acceptors (Lipinski definition) is 5. The molecule has 0 saturated carbocycles. The molecule has 156 valence electrons. The molecule has 0 spiro atoms. The number of hydrogen-bond donors (Lipinski definition) is 1. The maximum atomic E-state index is 12.6. The van der Waals surface area contributed by atoms with Gasteiger partial charge in [0.15, 0.2) is 6.10 Å². The summed E-state index contributed by atoms with van der Waals surface area (Å²) < 4.78 is 12.7. The van der Waals surface area contributed by atoms with E-state index in [4.69, 9.17) is 9.47 Å². The first-order chi connectivity index (χ1) is 14.5. The lowest BCUT2D eigenvalue weighted by molar-refractivity contribution is -0.123. The standard InChI is InChI=1S/C23H25N3O4/c1-16(30-23(28)20-15-25(2)21-6-4-3-5-19(20)21)22(27)24-17-7-9-18(10-8-17)26-11-13-29-14-12-26/h3-10,15-16H,11-14H2,1-2H3,(H,24,27). The van der Waals surface area contributed by atoms with Gasteiger partial charge in [0.1, 0.15) is 0 Å². The predicted molar refractivity (Wildman–Crippen MR) is 116 cm³/mol. The van der Waals surface area contributed by atoms with Crippen molar-refractivity contribution in [3.63, 3.8) is 0 Å². The lowest BCUT2D eigenvalue weighted by Crippen LogP contribution is -2.36. The molecule has 30 heavy (non-hydrogen) atoms. The molecule has 4 rings (SSSR count). The summed E-state index contributed by atoms with van der Waals surface area (Å²) in [4.78, 5) is 27.4. The fraction of sp³-hybridized carbons (Fsp3) is 0.304. The number of aryl methyl sites for hydroxylation is 1. The number of morpholine rings is 1. The van der Waals surface area contributed by atoms with Crippen LogP contribution in [0.3, 0.4) is 0 Å². The monoisotopic (exact) mass is 407 g/mol. The van der Waals surface area contributed by atoms with Crippen molar-refractivity contribution in [1.29, 1.82) is 0 Å². The number of aromatic nitrogens is 1. The number of carbonyl (C=O) groups is 2. The first kappa shape index (κ1) is 20.0. The van der Waals surface area contributed by atoms with Crippen LogP contribution in [0.15, 0.2) is 54.7 Å². The number of rotatable bonds is 5. The highest BCUT2D eigenvalue weighted by molar-refractivity contribution is 6.05. The van der Waals surface area contributed by atoms with E-state index >= 15 is 0 Å². The minimum atomic E-state index is -0.921. The lowest BCUT2D eigenvalue weighted by Gasteiger charge is -2.28. The van der Waals surface area contributed by atoms with Gasteiger partial charge in [-0.2, -0.15) is 0 Å². The summed E-state index contributed by atoms with van der Waals surface area (Å²) in [6, 6.07) is 15.2. The average Bonchev–Trinajstić information content (AvgIpc) is 3.12. The molecule has 7 heteroatoms. The van der Waals surface area contributed by atoms with Crippen LogP contribution in [0, 0.1) is 0 Å². The summed E-state index contributed by atoms with van der Waals surface area (Å²) >= 11 is 0. The largest absolute Gasteiger partial charge is 0.449 e. The van der Waals surface area contributed by atoms with Crippen molar-refractivity contribution in [3.05, 3.63) is 60.3 Å². The highest BCUT2D eigenvalue weighted by Gasteiger charge is 2.22. The third-order valence-corrected chi connectivity index (χ3v) is 5.28. The number of ether oxygens (including phenoxy) is 2. The Bertz CT molecular complexity index is 1050. The fourth-order valence-corrected chi connectivity index (χ4v) is 3.60. The summed E-state index contributed by atoms with van der Waals surface area (Å²) in [5, 5.41) is 3.61. The quantitative estimate of drug-likeness (QED) is 0.658. The molecular formula is C23H25N3O4. The Morgan fingerprint density at radius 2 is 1.77 bits per heavy atom. The van der Waals surface area contributed by atoms with Gasteiger partial charge in [-0.25, -0.2) is 4.79 Å². The van der Waals surface area contributed by atoms with Gasteiger partial charge in [0, 0.05) is 48.6 Å². The fourth-order valence-electron chi connectivity index (χ4n) is 3.60. The molecule has 0 bridgehead atoms. The van der Waals surface area contributed by atoms with Crippen molar-refractivity contribution in [2.75, 3.05) is 36.5 Å². The average molecular weight is 407 g/mol. The van der Waals surface area contributed by atoms with E-state index in [0.29, 0.717) is 11.3 Å². The molecule has 1 amide bonds. The molecule has 1 saturated heterocycles. The third kappa shape index (κ3) is 4.16. The molecule has 1 fully saturated rings. The van der Waals surface area contributed by atoms with E-state index in [-0.39, 0.29) is 5.91 Å². The number of nitrogens with zero attached hydrogens (tertiary/aromatic N) is 2. The summed E-state index contributed by atoms with van der Waals surface area (Å²) in [7, 11) is 1.87. The van der Waals surface area contributed by atoms with Crippen LogP contribution in [0.25, 0.3) is 10.9 Å². The number of fused-ring (bicyclic) bond motifs is 1. The molecule has 2 aromatic carbocycles. The van der Waals surface area contributed by atoms with E-state index in [2.05, 4.69) is 10.2 Å². The molecule has 2 heterocycles. The molecule has 1 aliphatic heterocycles. The Kier molecular flexibility index (Phi) is 5.72. The first-order valence-corrected chi connectivity index (χ1v) is 10.0. The zero-order chi connectivity index (χ0) is 21.1. The van der Waals surface area contributed by atoms with Crippen LogP contribution in [-0.2, 0) is 21.3 Å². The van der Waals surface area contributed by atoms with Gasteiger partial charge in [0.05, 0.1) is 18.8 Å². The van der Waals surface area contributed by atoms with Gasteiger partial charge in [-0.15, -0.1) is 0 Å². The van der Waals surface area contributed by atoms with E-state index in [1.807, 2.05) is 60.1 Å². The number of amides is 1. The van der Waals surface area contributed by atoms with Crippen molar-refractivity contribution in [3.8, 4) is 0 Å². The van der Waals surface area contributed by atoms with E-state index in [9.17, 15) is 9.59 Å². The molecule has 0 radical (unpaired) electrons. The van der Waals surface area contributed by atoms with Gasteiger partial charge in [0.25, 0.3) is 5.91 Å². The van der Waals surface area contributed by atoms with Crippen molar-refractivity contribution < 1.29 is 19.1 Å². The highest BCUT2D eigenvalue weighted by Crippen LogP contribution is 2.22. The molecule has 0 aliphatic carbocycles. The Morgan fingerprint density at radius 1 is 1.07 bits per heavy atom. The summed E-state index contributed by atoms with van der Waals surface area (Å²) in [6.45, 7) is 4.72. The normalized spacial score (nSPS) is 15.1. The number of esters is 1. The minimum Gasteiger partial charge on any atom is -0.449 e. The number of para-hydroxylation sites is 1. The van der Waals surface area contributed by atoms with Crippen LogP contribution in [0.5, 0.6) is 0 Å². The van der Waals surface area contributed by atoms with Gasteiger partial charge < -0.3 is 24.3 Å². The number of anilines is 2. The molecule has 1 N–H and O–H groups in total. The van der Waals surface area contributed by atoms with Gasteiger partial charge >= 0.3 is 5.97 Å². The molecule has 1 unspecified atom stereocenters. The van der Waals surface area contributed by atoms with Crippen LogP contribution in [0.1, 0.15) is 17.3 Å². The summed E-state index contributed by atoms with van der Waals surface area (Å²) in [5.74, 6) is -0.889. The van der Waals surface area contributed by atoms with Crippen LogP contribution < -0.4 is 10.2 Å². The second-order valence-electron chi connectivity index (χ2n) is 7.35. The molecule has 1 aliphatic rings. The van der Waals surface area contributed by atoms with Crippen LogP contribution in [-0.4, -0.2) is 48.9 Å². The number of carbonyl (C=O) groups excluding carboxylic acids is 2. The molecular weight excluding hydrogens is 382 g/mol. The Balaban J connectivity index is 1.38. The van der Waals surface area contributed by atoms with E-state index in [1.54, 1.807) is 13.1 Å². The topological polar surface area (TPSA) is 72.8 Å². The van der Waals surface area contributed by atoms with E-state index in [0.717, 1.165) is 42.9 Å². The van der Waals surface area contributed by atoms with E-state index in [1.165, 1.54) is 0 Å². The minimum absolute atomic E-state index is 0.372. The second kappa shape index (κ2) is 8.59.